The average Bonchev–Trinajstić information content (AvgIpc) is 3.39. The number of nitrogens with zero attached hydrogens (tertiary/aromatic N) is 4. The first-order chi connectivity index (χ1) is 13.1. The predicted molar refractivity (Wildman–Crippen MR) is 104 cm³/mol. The van der Waals surface area contributed by atoms with Crippen molar-refractivity contribution in [3.05, 3.63) is 42.7 Å². The molecule has 2 aliphatic rings. The molecule has 0 bridgehead atoms. The van der Waals surface area contributed by atoms with Gasteiger partial charge in [0, 0.05) is 31.1 Å². The standard InChI is InChI=1S/C18H22N4O3S2/c23-18(20-9-11-26-12-10-20)17-7-4-8-22(17)27(24,25)16-13-19-21(14-16)15-5-2-1-3-6-15/h1-3,5-6,13-14,17H,4,7-12H2. The molecule has 2 fully saturated rings. The van der Waals surface area contributed by atoms with Crippen LogP contribution in [0.3, 0.4) is 0 Å². The van der Waals surface area contributed by atoms with E-state index in [0.29, 0.717) is 32.5 Å². The number of aromatic nitrogens is 2. The van der Waals surface area contributed by atoms with Gasteiger partial charge in [-0.15, -0.1) is 0 Å². The zero-order chi connectivity index (χ0) is 18.9. The summed E-state index contributed by atoms with van der Waals surface area (Å²) in [6.07, 6.45) is 4.15. The lowest BCUT2D eigenvalue weighted by atomic mass is 10.2. The molecule has 7 nitrogen and oxygen atoms in total. The van der Waals surface area contributed by atoms with Crippen LogP contribution in [0, 0.1) is 0 Å². The molecule has 9 heteroatoms. The number of para-hydroxylation sites is 1. The van der Waals surface area contributed by atoms with E-state index < -0.39 is 16.1 Å². The van der Waals surface area contributed by atoms with Crippen molar-refractivity contribution >= 4 is 27.7 Å². The van der Waals surface area contributed by atoms with Gasteiger partial charge in [0.25, 0.3) is 0 Å². The maximum Gasteiger partial charge on any atom is 0.246 e. The van der Waals surface area contributed by atoms with E-state index in [-0.39, 0.29) is 10.8 Å². The summed E-state index contributed by atoms with van der Waals surface area (Å²) in [7, 11) is -3.76. The fourth-order valence-corrected chi connectivity index (χ4v) is 6.05. The molecule has 3 heterocycles. The van der Waals surface area contributed by atoms with Gasteiger partial charge < -0.3 is 4.90 Å². The molecule has 0 saturated carbocycles. The minimum absolute atomic E-state index is 0.0631. The van der Waals surface area contributed by atoms with Crippen molar-refractivity contribution in [2.45, 2.75) is 23.8 Å². The van der Waals surface area contributed by atoms with Crippen LogP contribution in [0.1, 0.15) is 12.8 Å². The van der Waals surface area contributed by atoms with Crippen molar-refractivity contribution in [2.75, 3.05) is 31.1 Å². The van der Waals surface area contributed by atoms with Crippen molar-refractivity contribution < 1.29 is 13.2 Å². The Bertz CT molecular complexity index is 908. The number of rotatable bonds is 4. The first-order valence-electron chi connectivity index (χ1n) is 9.06. The van der Waals surface area contributed by atoms with Crippen molar-refractivity contribution in [1.29, 1.82) is 0 Å². The van der Waals surface area contributed by atoms with E-state index in [1.165, 1.54) is 16.7 Å². The van der Waals surface area contributed by atoms with E-state index in [1.54, 1.807) is 4.68 Å². The van der Waals surface area contributed by atoms with Crippen LogP contribution in [0.25, 0.3) is 5.69 Å². The second-order valence-electron chi connectivity index (χ2n) is 6.67. The molecule has 2 saturated heterocycles. The highest BCUT2D eigenvalue weighted by molar-refractivity contribution is 7.99. The summed E-state index contributed by atoms with van der Waals surface area (Å²) in [6, 6.07) is 8.76. The Morgan fingerprint density at radius 1 is 1.11 bits per heavy atom. The summed E-state index contributed by atoms with van der Waals surface area (Å²) >= 11 is 1.83. The Kier molecular flexibility index (Phi) is 5.25. The number of hydrogen-bond acceptors (Lipinski definition) is 5. The van der Waals surface area contributed by atoms with Crippen LogP contribution in [0.2, 0.25) is 0 Å². The molecule has 27 heavy (non-hydrogen) atoms. The van der Waals surface area contributed by atoms with E-state index in [0.717, 1.165) is 17.2 Å². The summed E-state index contributed by atoms with van der Waals surface area (Å²) in [6.45, 7) is 1.76. The Morgan fingerprint density at radius 3 is 2.59 bits per heavy atom. The smallest absolute Gasteiger partial charge is 0.246 e. The normalized spacial score (nSPS) is 21.5. The third kappa shape index (κ3) is 3.63. The average molecular weight is 407 g/mol. The van der Waals surface area contributed by atoms with Gasteiger partial charge in [-0.2, -0.15) is 21.2 Å². The van der Waals surface area contributed by atoms with Crippen LogP contribution < -0.4 is 0 Å². The SMILES string of the molecule is O=C(C1CCCN1S(=O)(=O)c1cnn(-c2ccccc2)c1)N1CCSCC1. The third-order valence-corrected chi connectivity index (χ3v) is 7.80. The summed E-state index contributed by atoms with van der Waals surface area (Å²) in [5.41, 5.74) is 0.791. The van der Waals surface area contributed by atoms with Crippen molar-refractivity contribution in [1.82, 2.24) is 19.0 Å². The quantitative estimate of drug-likeness (QED) is 0.771. The van der Waals surface area contributed by atoms with Gasteiger partial charge in [-0.1, -0.05) is 18.2 Å². The largest absolute Gasteiger partial charge is 0.340 e. The molecular weight excluding hydrogens is 384 g/mol. The number of hydrogen-bond donors (Lipinski definition) is 0. The number of thioether (sulfide) groups is 1. The monoisotopic (exact) mass is 406 g/mol. The van der Waals surface area contributed by atoms with Gasteiger partial charge in [0.05, 0.1) is 18.1 Å². The molecule has 2 aromatic rings. The first kappa shape index (κ1) is 18.5. The predicted octanol–water partition coefficient (Wildman–Crippen LogP) is 1.60. The number of amides is 1. The van der Waals surface area contributed by atoms with Crippen molar-refractivity contribution in [2.24, 2.45) is 0 Å². The van der Waals surface area contributed by atoms with E-state index >= 15 is 0 Å². The van der Waals surface area contributed by atoms with Crippen LogP contribution >= 0.6 is 11.8 Å². The number of sulfonamides is 1. The number of benzene rings is 1. The topological polar surface area (TPSA) is 75.5 Å². The lowest BCUT2D eigenvalue weighted by Crippen LogP contribution is -2.49. The zero-order valence-electron chi connectivity index (χ0n) is 14.9. The van der Waals surface area contributed by atoms with Crippen LogP contribution in [0.5, 0.6) is 0 Å². The van der Waals surface area contributed by atoms with E-state index in [2.05, 4.69) is 5.10 Å². The van der Waals surface area contributed by atoms with Crippen molar-refractivity contribution in [3.63, 3.8) is 0 Å². The Hall–Kier alpha value is -1.84. The molecule has 0 spiro atoms. The van der Waals surface area contributed by atoms with E-state index in [4.69, 9.17) is 0 Å². The van der Waals surface area contributed by atoms with Crippen LogP contribution in [0.15, 0.2) is 47.6 Å². The highest BCUT2D eigenvalue weighted by Gasteiger charge is 2.41. The molecule has 2 aliphatic heterocycles. The van der Waals surface area contributed by atoms with Gasteiger partial charge >= 0.3 is 0 Å². The molecule has 1 aromatic heterocycles. The van der Waals surface area contributed by atoms with Crippen LogP contribution in [-0.2, 0) is 14.8 Å². The van der Waals surface area contributed by atoms with Crippen LogP contribution in [0.4, 0.5) is 0 Å². The highest BCUT2D eigenvalue weighted by Crippen LogP contribution is 2.28. The zero-order valence-corrected chi connectivity index (χ0v) is 16.5. The Labute approximate surface area is 163 Å². The first-order valence-corrected chi connectivity index (χ1v) is 11.7. The van der Waals surface area contributed by atoms with Gasteiger partial charge in [-0.25, -0.2) is 13.1 Å². The summed E-state index contributed by atoms with van der Waals surface area (Å²) in [4.78, 5) is 14.8. The Morgan fingerprint density at radius 2 is 1.85 bits per heavy atom. The summed E-state index contributed by atoms with van der Waals surface area (Å²) in [5, 5.41) is 4.20. The fraction of sp³-hybridized carbons (Fsp3) is 0.444. The molecule has 1 amide bonds. The highest BCUT2D eigenvalue weighted by atomic mass is 32.2. The second-order valence-corrected chi connectivity index (χ2v) is 9.78. The van der Waals surface area contributed by atoms with Gasteiger partial charge in [-0.05, 0) is 25.0 Å². The van der Waals surface area contributed by atoms with Crippen molar-refractivity contribution in [3.8, 4) is 5.69 Å². The molecule has 144 valence electrons. The molecule has 0 N–H and O–H groups in total. The minimum Gasteiger partial charge on any atom is -0.340 e. The molecule has 1 aromatic carbocycles. The van der Waals surface area contributed by atoms with Gasteiger partial charge in [0.1, 0.15) is 10.9 Å². The van der Waals surface area contributed by atoms with Crippen LogP contribution in [-0.4, -0.2) is 70.5 Å². The second kappa shape index (κ2) is 7.65. The van der Waals surface area contributed by atoms with Gasteiger partial charge in [0.15, 0.2) is 0 Å². The van der Waals surface area contributed by atoms with E-state index in [1.807, 2.05) is 47.0 Å². The lowest BCUT2D eigenvalue weighted by Gasteiger charge is -2.31. The molecule has 0 aliphatic carbocycles. The maximum atomic E-state index is 13.2. The van der Waals surface area contributed by atoms with Gasteiger partial charge in [0.2, 0.25) is 15.9 Å². The number of carbonyl (C=O) groups excluding carboxylic acids is 1. The molecule has 4 rings (SSSR count). The molecule has 1 atom stereocenters. The summed E-state index contributed by atoms with van der Waals surface area (Å²) in [5.74, 6) is 1.76. The molecule has 1 unspecified atom stereocenters. The summed E-state index contributed by atoms with van der Waals surface area (Å²) < 4.78 is 29.3. The minimum atomic E-state index is -3.76. The lowest BCUT2D eigenvalue weighted by molar-refractivity contribution is -0.134. The molecule has 0 radical (unpaired) electrons. The maximum absolute atomic E-state index is 13.2. The van der Waals surface area contributed by atoms with E-state index in [9.17, 15) is 13.2 Å². The Balaban J connectivity index is 1.57. The molecular formula is C18H22N4O3S2. The van der Waals surface area contributed by atoms with Gasteiger partial charge in [-0.3, -0.25) is 4.79 Å². The third-order valence-electron chi connectivity index (χ3n) is 5.00. The fourth-order valence-electron chi connectivity index (χ4n) is 3.57. The number of carbonyl (C=O) groups is 1.